The number of carbonyl (C=O) groups excluding carboxylic acids is 2. The van der Waals surface area contributed by atoms with Crippen molar-refractivity contribution < 1.29 is 40.7 Å². The molecule has 0 atom stereocenters. The number of halogens is 6. The smallest absolute Gasteiger partial charge is 0.382 e. The molecule has 0 bridgehead atoms. The van der Waals surface area contributed by atoms with Gasteiger partial charge in [0, 0.05) is 49.8 Å². The molecule has 3 aromatic carbocycles. The molecule has 0 saturated heterocycles. The standard InChI is InChI=1S/C30H29F6N3O3/c1-2-42-13-5-11-37-28(41)25-17-24(8-9-26(25)39-12-10-19-6-3-4-7-20(19)18-39)38-27(40)21-14-22(29(31,32)33)16-23(15-21)30(34,35)36/h3-4,6-9,14-17H,2,5,10-13,18H2,1H3,(H,37,41)(H,38,40). The van der Waals surface area contributed by atoms with Crippen molar-refractivity contribution in [2.24, 2.45) is 0 Å². The number of benzene rings is 3. The molecule has 1 aliphatic rings. The molecule has 224 valence electrons. The van der Waals surface area contributed by atoms with Crippen LogP contribution in [0, 0.1) is 0 Å². The topological polar surface area (TPSA) is 70.7 Å². The number of amides is 2. The highest BCUT2D eigenvalue weighted by Crippen LogP contribution is 2.37. The van der Waals surface area contributed by atoms with Crippen molar-refractivity contribution in [1.29, 1.82) is 0 Å². The van der Waals surface area contributed by atoms with E-state index >= 15 is 0 Å². The van der Waals surface area contributed by atoms with E-state index in [-0.39, 0.29) is 17.3 Å². The Morgan fingerprint density at radius 1 is 0.881 bits per heavy atom. The third kappa shape index (κ3) is 7.61. The van der Waals surface area contributed by atoms with Crippen molar-refractivity contribution in [3.8, 4) is 0 Å². The quantitative estimate of drug-likeness (QED) is 0.214. The van der Waals surface area contributed by atoms with Gasteiger partial charge in [0.1, 0.15) is 0 Å². The summed E-state index contributed by atoms with van der Waals surface area (Å²) >= 11 is 0. The van der Waals surface area contributed by atoms with Crippen molar-refractivity contribution in [3.63, 3.8) is 0 Å². The first kappa shape index (κ1) is 30.9. The molecule has 2 N–H and O–H groups in total. The van der Waals surface area contributed by atoms with E-state index in [0.717, 1.165) is 12.0 Å². The molecule has 3 aromatic rings. The van der Waals surface area contributed by atoms with Crippen LogP contribution in [-0.2, 0) is 30.1 Å². The number of fused-ring (bicyclic) bond motifs is 1. The Morgan fingerprint density at radius 2 is 1.55 bits per heavy atom. The predicted octanol–water partition coefficient (Wildman–Crippen LogP) is 6.70. The molecular formula is C30H29F6N3O3. The van der Waals surface area contributed by atoms with Crippen molar-refractivity contribution >= 4 is 23.2 Å². The highest BCUT2D eigenvalue weighted by molar-refractivity contribution is 6.06. The van der Waals surface area contributed by atoms with Crippen LogP contribution >= 0.6 is 0 Å². The Balaban J connectivity index is 1.63. The molecule has 1 heterocycles. The maximum absolute atomic E-state index is 13.3. The van der Waals surface area contributed by atoms with E-state index in [0.29, 0.717) is 57.1 Å². The summed E-state index contributed by atoms with van der Waals surface area (Å²) in [6.45, 7) is 4.27. The van der Waals surface area contributed by atoms with Crippen LogP contribution in [0.3, 0.4) is 0 Å². The molecule has 1 aliphatic heterocycles. The number of hydrogen-bond acceptors (Lipinski definition) is 4. The molecule has 12 heteroatoms. The average Bonchev–Trinajstić information content (AvgIpc) is 2.95. The highest BCUT2D eigenvalue weighted by atomic mass is 19.4. The Labute approximate surface area is 238 Å². The van der Waals surface area contributed by atoms with Gasteiger partial charge in [0.15, 0.2) is 0 Å². The minimum absolute atomic E-state index is 0.0339. The molecule has 0 fully saturated rings. The lowest BCUT2D eigenvalue weighted by Gasteiger charge is -2.32. The normalized spacial score (nSPS) is 13.5. The fraction of sp³-hybridized carbons (Fsp3) is 0.333. The number of carbonyl (C=O) groups is 2. The summed E-state index contributed by atoms with van der Waals surface area (Å²) in [6, 6.07) is 13.0. The molecule has 4 rings (SSSR count). The molecule has 0 aromatic heterocycles. The molecule has 0 radical (unpaired) electrons. The lowest BCUT2D eigenvalue weighted by atomic mass is 9.98. The Morgan fingerprint density at radius 3 is 2.19 bits per heavy atom. The third-order valence-corrected chi connectivity index (χ3v) is 6.78. The fourth-order valence-electron chi connectivity index (χ4n) is 4.68. The minimum atomic E-state index is -5.10. The largest absolute Gasteiger partial charge is 0.416 e. The summed E-state index contributed by atoms with van der Waals surface area (Å²) < 4.78 is 85.1. The number of ether oxygens (including phenoxy) is 1. The number of nitrogens with zero attached hydrogens (tertiary/aromatic N) is 1. The molecule has 0 saturated carbocycles. The van der Waals surface area contributed by atoms with Crippen LogP contribution in [0.2, 0.25) is 0 Å². The van der Waals surface area contributed by atoms with Gasteiger partial charge in [-0.2, -0.15) is 26.3 Å². The van der Waals surface area contributed by atoms with Gasteiger partial charge in [-0.3, -0.25) is 9.59 Å². The van der Waals surface area contributed by atoms with Gasteiger partial charge in [0.2, 0.25) is 0 Å². The van der Waals surface area contributed by atoms with E-state index in [9.17, 15) is 35.9 Å². The predicted molar refractivity (Wildman–Crippen MR) is 145 cm³/mol. The van der Waals surface area contributed by atoms with E-state index in [1.165, 1.54) is 17.7 Å². The van der Waals surface area contributed by atoms with Crippen LogP contribution in [-0.4, -0.2) is 38.1 Å². The SMILES string of the molecule is CCOCCCNC(=O)c1cc(NC(=O)c2cc(C(F)(F)F)cc(C(F)(F)F)c2)ccc1N1CCc2ccccc2C1. The van der Waals surface area contributed by atoms with Crippen LogP contribution in [0.25, 0.3) is 0 Å². The van der Waals surface area contributed by atoms with Crippen LogP contribution in [0.1, 0.15) is 56.3 Å². The molecule has 42 heavy (non-hydrogen) atoms. The van der Waals surface area contributed by atoms with E-state index in [1.54, 1.807) is 6.07 Å². The van der Waals surface area contributed by atoms with Gasteiger partial charge in [0.05, 0.1) is 16.7 Å². The molecule has 0 unspecified atom stereocenters. The van der Waals surface area contributed by atoms with Crippen molar-refractivity contribution in [3.05, 3.63) is 94.0 Å². The zero-order chi connectivity index (χ0) is 30.5. The van der Waals surface area contributed by atoms with Gasteiger partial charge < -0.3 is 20.3 Å². The lowest BCUT2D eigenvalue weighted by molar-refractivity contribution is -0.143. The lowest BCUT2D eigenvalue weighted by Crippen LogP contribution is -2.33. The second-order valence-electron chi connectivity index (χ2n) is 9.73. The second-order valence-corrected chi connectivity index (χ2v) is 9.73. The Hall–Kier alpha value is -4.06. The summed E-state index contributed by atoms with van der Waals surface area (Å²) in [5.41, 5.74) is -0.937. The Kier molecular flexibility index (Phi) is 9.45. The molecule has 6 nitrogen and oxygen atoms in total. The van der Waals surface area contributed by atoms with Gasteiger partial charge in [-0.1, -0.05) is 24.3 Å². The van der Waals surface area contributed by atoms with Crippen molar-refractivity contribution in [2.45, 2.75) is 38.7 Å². The summed E-state index contributed by atoms with van der Waals surface area (Å²) in [5, 5.41) is 5.16. The van der Waals surface area contributed by atoms with Gasteiger partial charge in [-0.25, -0.2) is 0 Å². The first-order chi connectivity index (χ1) is 19.9. The number of anilines is 2. The monoisotopic (exact) mass is 593 g/mol. The van der Waals surface area contributed by atoms with E-state index in [4.69, 9.17) is 4.74 Å². The average molecular weight is 594 g/mol. The van der Waals surface area contributed by atoms with Crippen LogP contribution in [0.15, 0.2) is 60.7 Å². The summed E-state index contributed by atoms with van der Waals surface area (Å²) in [4.78, 5) is 28.1. The number of alkyl halides is 6. The highest BCUT2D eigenvalue weighted by Gasteiger charge is 2.37. The molecule has 0 spiro atoms. The molecular weight excluding hydrogens is 564 g/mol. The zero-order valence-corrected chi connectivity index (χ0v) is 22.7. The van der Waals surface area contributed by atoms with E-state index in [1.807, 2.05) is 36.1 Å². The number of hydrogen-bond donors (Lipinski definition) is 2. The third-order valence-electron chi connectivity index (χ3n) is 6.78. The summed E-state index contributed by atoms with van der Waals surface area (Å²) in [5.74, 6) is -1.63. The van der Waals surface area contributed by atoms with Gasteiger partial charge in [-0.15, -0.1) is 0 Å². The van der Waals surface area contributed by atoms with E-state index in [2.05, 4.69) is 10.6 Å². The zero-order valence-electron chi connectivity index (χ0n) is 22.7. The van der Waals surface area contributed by atoms with Crippen molar-refractivity contribution in [2.75, 3.05) is 36.5 Å². The summed E-state index contributed by atoms with van der Waals surface area (Å²) in [6.07, 6.45) is -8.91. The maximum atomic E-state index is 13.3. The van der Waals surface area contributed by atoms with Crippen LogP contribution in [0.5, 0.6) is 0 Å². The van der Waals surface area contributed by atoms with Crippen molar-refractivity contribution in [1.82, 2.24) is 5.32 Å². The second kappa shape index (κ2) is 12.8. The molecule has 0 aliphatic carbocycles. The number of rotatable bonds is 9. The van der Waals surface area contributed by atoms with Crippen LogP contribution in [0.4, 0.5) is 37.7 Å². The fourth-order valence-corrected chi connectivity index (χ4v) is 4.68. The first-order valence-corrected chi connectivity index (χ1v) is 13.3. The minimum Gasteiger partial charge on any atom is -0.382 e. The Bertz CT molecular complexity index is 1410. The number of nitrogens with one attached hydrogen (secondary N) is 2. The van der Waals surface area contributed by atoms with Gasteiger partial charge in [0.25, 0.3) is 11.8 Å². The first-order valence-electron chi connectivity index (χ1n) is 13.3. The van der Waals surface area contributed by atoms with Gasteiger partial charge in [-0.05, 0) is 67.3 Å². The van der Waals surface area contributed by atoms with Gasteiger partial charge >= 0.3 is 12.4 Å². The van der Waals surface area contributed by atoms with E-state index < -0.39 is 40.9 Å². The maximum Gasteiger partial charge on any atom is 0.416 e. The molecule has 2 amide bonds. The van der Waals surface area contributed by atoms with Crippen LogP contribution < -0.4 is 15.5 Å². The summed E-state index contributed by atoms with van der Waals surface area (Å²) in [7, 11) is 0.